The first-order valence-electron chi connectivity index (χ1n) is 6.00. The fourth-order valence-electron chi connectivity index (χ4n) is 2.33. The average molecular weight is 304 g/mol. The molecule has 1 aliphatic heterocycles. The van der Waals surface area contributed by atoms with Gasteiger partial charge in [-0.3, -0.25) is 0 Å². The predicted octanol–water partition coefficient (Wildman–Crippen LogP) is 3.97. The van der Waals surface area contributed by atoms with E-state index in [0.29, 0.717) is 0 Å². The van der Waals surface area contributed by atoms with E-state index in [1.807, 2.05) is 36.4 Å². The monoisotopic (exact) mass is 303 g/mol. The summed E-state index contributed by atoms with van der Waals surface area (Å²) in [5.74, 6) is 0.907. The Hall–Kier alpha value is -1.32. The second kappa shape index (κ2) is 4.75. The molecule has 2 aromatic rings. The first-order valence-corrected chi connectivity index (χ1v) is 6.80. The van der Waals surface area contributed by atoms with Crippen LogP contribution in [0.4, 0.5) is 0 Å². The maximum atomic E-state index is 6.21. The van der Waals surface area contributed by atoms with Crippen molar-refractivity contribution in [2.45, 2.75) is 18.6 Å². The molecule has 1 aliphatic rings. The van der Waals surface area contributed by atoms with Crippen molar-refractivity contribution in [3.8, 4) is 5.75 Å². The van der Waals surface area contributed by atoms with Crippen molar-refractivity contribution in [2.24, 2.45) is 5.73 Å². The number of ether oxygens (including phenoxy) is 1. The number of halogens is 1. The van der Waals surface area contributed by atoms with Crippen LogP contribution in [-0.4, -0.2) is 0 Å². The van der Waals surface area contributed by atoms with Gasteiger partial charge >= 0.3 is 0 Å². The van der Waals surface area contributed by atoms with Gasteiger partial charge in [0, 0.05) is 22.5 Å². The average Bonchev–Trinajstić information content (AvgIpc) is 2.39. The third-order valence-corrected chi connectivity index (χ3v) is 3.83. The quantitative estimate of drug-likeness (QED) is 0.865. The fourth-order valence-corrected chi connectivity index (χ4v) is 2.60. The van der Waals surface area contributed by atoms with E-state index in [2.05, 4.69) is 28.1 Å². The molecule has 92 valence electrons. The highest BCUT2D eigenvalue weighted by Gasteiger charge is 2.26. The topological polar surface area (TPSA) is 35.2 Å². The van der Waals surface area contributed by atoms with Crippen molar-refractivity contribution in [1.82, 2.24) is 0 Å². The molecule has 2 atom stereocenters. The third-order valence-electron chi connectivity index (χ3n) is 3.30. The molecule has 1 unspecified atom stereocenters. The number of hydrogen-bond donors (Lipinski definition) is 1. The molecule has 0 saturated carbocycles. The van der Waals surface area contributed by atoms with Crippen LogP contribution in [0.5, 0.6) is 5.75 Å². The lowest BCUT2D eigenvalue weighted by Crippen LogP contribution is -2.23. The van der Waals surface area contributed by atoms with Gasteiger partial charge in [0.1, 0.15) is 11.9 Å². The highest BCUT2D eigenvalue weighted by Crippen LogP contribution is 2.39. The van der Waals surface area contributed by atoms with Crippen LogP contribution >= 0.6 is 15.9 Å². The van der Waals surface area contributed by atoms with E-state index in [0.717, 1.165) is 22.2 Å². The lowest BCUT2D eigenvalue weighted by Gasteiger charge is -2.30. The summed E-state index contributed by atoms with van der Waals surface area (Å²) < 4.78 is 7.11. The van der Waals surface area contributed by atoms with Crippen molar-refractivity contribution in [2.75, 3.05) is 0 Å². The first-order chi connectivity index (χ1) is 8.74. The van der Waals surface area contributed by atoms with Gasteiger partial charge in [-0.15, -0.1) is 0 Å². The van der Waals surface area contributed by atoms with E-state index in [9.17, 15) is 0 Å². The Bertz CT molecular complexity index is 553. The van der Waals surface area contributed by atoms with Crippen molar-refractivity contribution in [3.63, 3.8) is 0 Å². The molecule has 2 aromatic carbocycles. The molecule has 0 aliphatic carbocycles. The van der Waals surface area contributed by atoms with Crippen molar-refractivity contribution in [3.05, 3.63) is 64.1 Å². The standard InChI is InChI=1S/C15H14BrNO/c16-11-7-5-10(6-8-11)15-9-13(17)12-3-1-2-4-14(12)18-15/h1-8,13,15H,9,17H2/t13-,15?/m1/s1. The molecule has 0 spiro atoms. The first kappa shape index (κ1) is 11.8. The molecular formula is C15H14BrNO. The predicted molar refractivity (Wildman–Crippen MR) is 75.5 cm³/mol. The Morgan fingerprint density at radius 2 is 1.78 bits per heavy atom. The number of hydrogen-bond acceptors (Lipinski definition) is 2. The van der Waals surface area contributed by atoms with Crippen LogP contribution in [0.3, 0.4) is 0 Å². The van der Waals surface area contributed by atoms with E-state index < -0.39 is 0 Å². The molecule has 0 fully saturated rings. The molecule has 0 radical (unpaired) electrons. The molecule has 3 heteroatoms. The van der Waals surface area contributed by atoms with Gasteiger partial charge in [-0.1, -0.05) is 46.3 Å². The minimum atomic E-state index is 0.0444. The van der Waals surface area contributed by atoms with Gasteiger partial charge in [-0.2, -0.15) is 0 Å². The summed E-state index contributed by atoms with van der Waals surface area (Å²) in [7, 11) is 0. The maximum Gasteiger partial charge on any atom is 0.126 e. The van der Waals surface area contributed by atoms with E-state index in [4.69, 9.17) is 10.5 Å². The van der Waals surface area contributed by atoms with Crippen LogP contribution in [0, 0.1) is 0 Å². The molecule has 0 amide bonds. The van der Waals surface area contributed by atoms with E-state index in [1.54, 1.807) is 0 Å². The molecule has 1 heterocycles. The fraction of sp³-hybridized carbons (Fsp3) is 0.200. The lowest BCUT2D eigenvalue weighted by atomic mass is 9.94. The van der Waals surface area contributed by atoms with Gasteiger partial charge in [0.05, 0.1) is 0 Å². The molecule has 3 rings (SSSR count). The van der Waals surface area contributed by atoms with Crippen LogP contribution in [-0.2, 0) is 0 Å². The maximum absolute atomic E-state index is 6.21. The van der Waals surface area contributed by atoms with Crippen LogP contribution < -0.4 is 10.5 Å². The molecule has 2 nitrogen and oxygen atoms in total. The zero-order valence-corrected chi connectivity index (χ0v) is 11.4. The van der Waals surface area contributed by atoms with Crippen molar-refractivity contribution < 1.29 is 4.74 Å². The smallest absolute Gasteiger partial charge is 0.126 e. The molecule has 0 saturated heterocycles. The Balaban J connectivity index is 1.92. The summed E-state index contributed by atoms with van der Waals surface area (Å²) in [6.45, 7) is 0. The van der Waals surface area contributed by atoms with Gasteiger partial charge in [-0.05, 0) is 23.8 Å². The van der Waals surface area contributed by atoms with Gasteiger partial charge in [-0.25, -0.2) is 0 Å². The van der Waals surface area contributed by atoms with Gasteiger partial charge < -0.3 is 10.5 Å². The van der Waals surface area contributed by atoms with Crippen molar-refractivity contribution in [1.29, 1.82) is 0 Å². The SMILES string of the molecule is N[C@@H]1CC(c2ccc(Br)cc2)Oc2ccccc21. The van der Waals surface area contributed by atoms with E-state index >= 15 is 0 Å². The summed E-state index contributed by atoms with van der Waals surface area (Å²) in [4.78, 5) is 0. The van der Waals surface area contributed by atoms with Crippen LogP contribution in [0.1, 0.15) is 29.7 Å². The largest absolute Gasteiger partial charge is 0.485 e. The van der Waals surface area contributed by atoms with E-state index in [-0.39, 0.29) is 12.1 Å². The highest BCUT2D eigenvalue weighted by molar-refractivity contribution is 9.10. The van der Waals surface area contributed by atoms with Crippen LogP contribution in [0.15, 0.2) is 53.0 Å². The molecule has 18 heavy (non-hydrogen) atoms. The number of benzene rings is 2. The summed E-state index contributed by atoms with van der Waals surface area (Å²) in [6.07, 6.45) is 0.863. The number of rotatable bonds is 1. The molecule has 0 aromatic heterocycles. The Morgan fingerprint density at radius 1 is 1.06 bits per heavy atom. The van der Waals surface area contributed by atoms with Gasteiger partial charge in [0.15, 0.2) is 0 Å². The number of fused-ring (bicyclic) bond motifs is 1. The minimum Gasteiger partial charge on any atom is -0.485 e. The summed E-state index contributed by atoms with van der Waals surface area (Å²) in [5, 5.41) is 0. The summed E-state index contributed by atoms with van der Waals surface area (Å²) in [6, 6.07) is 16.3. The van der Waals surface area contributed by atoms with Crippen molar-refractivity contribution >= 4 is 15.9 Å². The van der Waals surface area contributed by atoms with Crippen LogP contribution in [0.2, 0.25) is 0 Å². The highest BCUT2D eigenvalue weighted by atomic mass is 79.9. The Labute approximate surface area is 115 Å². The van der Waals surface area contributed by atoms with E-state index in [1.165, 1.54) is 5.56 Å². The Kier molecular flexibility index (Phi) is 3.10. The lowest BCUT2D eigenvalue weighted by molar-refractivity contribution is 0.161. The van der Waals surface area contributed by atoms with Gasteiger partial charge in [0.25, 0.3) is 0 Å². The second-order valence-electron chi connectivity index (χ2n) is 4.54. The Morgan fingerprint density at radius 3 is 2.56 bits per heavy atom. The molecule has 2 N–H and O–H groups in total. The zero-order valence-electron chi connectivity index (χ0n) is 9.84. The zero-order chi connectivity index (χ0) is 12.5. The number of nitrogens with two attached hydrogens (primary N) is 1. The third kappa shape index (κ3) is 2.16. The normalized spacial score (nSPS) is 22.1. The molecule has 0 bridgehead atoms. The van der Waals surface area contributed by atoms with Crippen LogP contribution in [0.25, 0.3) is 0 Å². The summed E-state index contributed by atoms with van der Waals surface area (Å²) >= 11 is 3.44. The van der Waals surface area contributed by atoms with Gasteiger partial charge in [0.2, 0.25) is 0 Å². The molecular weight excluding hydrogens is 290 g/mol. The second-order valence-corrected chi connectivity index (χ2v) is 5.45. The number of para-hydroxylation sites is 1. The minimum absolute atomic E-state index is 0.0444. The summed E-state index contributed by atoms with van der Waals surface area (Å²) in [5.41, 5.74) is 8.49.